The number of nitrogens with one attached hydrogen (secondary N) is 1. The van der Waals surface area contributed by atoms with Crippen LogP contribution in [0, 0.1) is 13.8 Å². The smallest absolute Gasteiger partial charge is 0.0713 e. The van der Waals surface area contributed by atoms with E-state index in [4.69, 9.17) is 4.74 Å². The monoisotopic (exact) mass is 289 g/mol. The summed E-state index contributed by atoms with van der Waals surface area (Å²) in [4.78, 5) is 2.80. The van der Waals surface area contributed by atoms with Crippen molar-refractivity contribution in [3.8, 4) is 0 Å². The first-order valence-electron chi connectivity index (χ1n) is 6.97. The maximum Gasteiger partial charge on any atom is 0.0713 e. The van der Waals surface area contributed by atoms with Crippen LogP contribution >= 0.6 is 11.3 Å². The Kier molecular flexibility index (Phi) is 5.35. The molecule has 1 aromatic heterocycles. The molecule has 0 bridgehead atoms. The lowest BCUT2D eigenvalue weighted by Gasteiger charge is -2.14. The minimum atomic E-state index is 0.388. The molecule has 0 amide bonds. The van der Waals surface area contributed by atoms with Crippen LogP contribution in [0.3, 0.4) is 0 Å². The van der Waals surface area contributed by atoms with Gasteiger partial charge in [0, 0.05) is 29.5 Å². The summed E-state index contributed by atoms with van der Waals surface area (Å²) in [6.07, 6.45) is 0. The van der Waals surface area contributed by atoms with Crippen LogP contribution in [0.5, 0.6) is 0 Å². The van der Waals surface area contributed by atoms with Crippen LogP contribution in [0.25, 0.3) is 0 Å². The summed E-state index contributed by atoms with van der Waals surface area (Å²) in [6.45, 7) is 8.17. The van der Waals surface area contributed by atoms with Crippen molar-refractivity contribution in [1.82, 2.24) is 5.32 Å². The van der Waals surface area contributed by atoms with E-state index in [1.165, 1.54) is 26.4 Å². The minimum Gasteiger partial charge on any atom is -0.380 e. The van der Waals surface area contributed by atoms with Crippen molar-refractivity contribution < 1.29 is 4.74 Å². The highest BCUT2D eigenvalue weighted by molar-refractivity contribution is 7.12. The fourth-order valence-corrected chi connectivity index (χ4v) is 3.40. The molecule has 1 atom stereocenters. The van der Waals surface area contributed by atoms with Crippen LogP contribution in [0.2, 0.25) is 0 Å². The van der Waals surface area contributed by atoms with E-state index in [9.17, 15) is 0 Å². The van der Waals surface area contributed by atoms with E-state index in [0.29, 0.717) is 12.6 Å². The summed E-state index contributed by atoms with van der Waals surface area (Å²) in [6, 6.07) is 11.3. The van der Waals surface area contributed by atoms with E-state index in [-0.39, 0.29) is 0 Å². The Morgan fingerprint density at radius 2 is 1.80 bits per heavy atom. The number of ether oxygens (including phenoxy) is 1. The molecule has 1 N–H and O–H groups in total. The van der Waals surface area contributed by atoms with Gasteiger partial charge in [0.05, 0.1) is 6.61 Å². The predicted octanol–water partition coefficient (Wildman–Crippen LogP) is 4.36. The minimum absolute atomic E-state index is 0.388. The third-order valence-electron chi connectivity index (χ3n) is 3.49. The molecule has 2 nitrogen and oxygen atoms in total. The average molecular weight is 289 g/mol. The van der Waals surface area contributed by atoms with Gasteiger partial charge in [0.1, 0.15) is 0 Å². The highest BCUT2D eigenvalue weighted by Gasteiger charge is 2.10. The van der Waals surface area contributed by atoms with Gasteiger partial charge in [0.2, 0.25) is 0 Å². The molecule has 108 valence electrons. The summed E-state index contributed by atoms with van der Waals surface area (Å²) < 4.78 is 5.12. The Morgan fingerprint density at radius 3 is 2.35 bits per heavy atom. The van der Waals surface area contributed by atoms with E-state index >= 15 is 0 Å². The average Bonchev–Trinajstić information content (AvgIpc) is 2.77. The van der Waals surface area contributed by atoms with E-state index in [1.54, 1.807) is 7.11 Å². The molecule has 0 aliphatic rings. The van der Waals surface area contributed by atoms with Gasteiger partial charge in [-0.1, -0.05) is 24.3 Å². The molecule has 1 unspecified atom stereocenters. The zero-order chi connectivity index (χ0) is 14.5. The molecule has 0 aliphatic heterocycles. The predicted molar refractivity (Wildman–Crippen MR) is 86.2 cm³/mol. The molecule has 2 aromatic rings. The molecule has 0 saturated carbocycles. The second kappa shape index (κ2) is 7.02. The van der Waals surface area contributed by atoms with Gasteiger partial charge in [-0.3, -0.25) is 0 Å². The van der Waals surface area contributed by atoms with E-state index in [2.05, 4.69) is 56.4 Å². The summed E-state index contributed by atoms with van der Waals surface area (Å²) in [5.74, 6) is 0. The Labute approximate surface area is 125 Å². The molecule has 0 spiro atoms. The molecule has 0 aliphatic carbocycles. The maximum atomic E-state index is 5.12. The zero-order valence-electron chi connectivity index (χ0n) is 12.7. The lowest BCUT2D eigenvalue weighted by Crippen LogP contribution is -2.18. The zero-order valence-corrected chi connectivity index (χ0v) is 13.5. The third-order valence-corrected chi connectivity index (χ3v) is 4.47. The maximum absolute atomic E-state index is 5.12. The first-order valence-corrected chi connectivity index (χ1v) is 7.79. The quantitative estimate of drug-likeness (QED) is 0.853. The van der Waals surface area contributed by atoms with Crippen LogP contribution in [0.1, 0.15) is 39.4 Å². The molecular formula is C17H23NOS. The fourth-order valence-electron chi connectivity index (χ4n) is 2.38. The first-order chi connectivity index (χ1) is 9.60. The van der Waals surface area contributed by atoms with Gasteiger partial charge in [0.25, 0.3) is 0 Å². The largest absolute Gasteiger partial charge is 0.380 e. The molecule has 1 heterocycles. The molecule has 0 fully saturated rings. The van der Waals surface area contributed by atoms with Crippen LogP contribution in [0.4, 0.5) is 0 Å². The Bertz CT molecular complexity index is 545. The van der Waals surface area contributed by atoms with Crippen molar-refractivity contribution in [1.29, 1.82) is 0 Å². The van der Waals surface area contributed by atoms with Gasteiger partial charge in [-0.2, -0.15) is 0 Å². The Morgan fingerprint density at radius 1 is 1.15 bits per heavy atom. The normalized spacial score (nSPS) is 12.6. The van der Waals surface area contributed by atoms with Crippen molar-refractivity contribution in [2.24, 2.45) is 0 Å². The number of rotatable bonds is 6. The first kappa shape index (κ1) is 15.2. The number of hydrogen-bond acceptors (Lipinski definition) is 3. The van der Waals surface area contributed by atoms with Crippen molar-refractivity contribution in [3.05, 3.63) is 56.8 Å². The second-order valence-electron chi connectivity index (χ2n) is 5.22. The number of methoxy groups -OCH3 is 1. The summed E-state index contributed by atoms with van der Waals surface area (Å²) >= 11 is 1.87. The third kappa shape index (κ3) is 3.92. The van der Waals surface area contributed by atoms with Gasteiger partial charge < -0.3 is 10.1 Å². The van der Waals surface area contributed by atoms with Crippen LogP contribution in [-0.2, 0) is 17.9 Å². The van der Waals surface area contributed by atoms with E-state index in [0.717, 1.165) is 6.54 Å². The van der Waals surface area contributed by atoms with Gasteiger partial charge in [-0.05, 0) is 43.5 Å². The molecule has 2 rings (SSSR count). The second-order valence-corrected chi connectivity index (χ2v) is 6.68. The SMILES string of the molecule is COCc1ccc(CNC(C)c2cc(C)sc2C)cc1. The van der Waals surface area contributed by atoms with Crippen molar-refractivity contribution in [3.63, 3.8) is 0 Å². The molecule has 20 heavy (non-hydrogen) atoms. The van der Waals surface area contributed by atoms with Gasteiger partial charge in [-0.25, -0.2) is 0 Å². The molecule has 1 aromatic carbocycles. The van der Waals surface area contributed by atoms with Crippen molar-refractivity contribution in [2.75, 3.05) is 7.11 Å². The van der Waals surface area contributed by atoms with E-state index in [1.807, 2.05) is 11.3 Å². The van der Waals surface area contributed by atoms with Gasteiger partial charge >= 0.3 is 0 Å². The number of hydrogen-bond donors (Lipinski definition) is 1. The van der Waals surface area contributed by atoms with Crippen LogP contribution in [0.15, 0.2) is 30.3 Å². The lowest BCUT2D eigenvalue weighted by molar-refractivity contribution is 0.185. The van der Waals surface area contributed by atoms with Crippen LogP contribution in [-0.4, -0.2) is 7.11 Å². The number of benzene rings is 1. The summed E-state index contributed by atoms with van der Waals surface area (Å²) in [5.41, 5.74) is 3.94. The number of aryl methyl sites for hydroxylation is 2. The molecular weight excluding hydrogens is 266 g/mol. The van der Waals surface area contributed by atoms with Gasteiger partial charge in [-0.15, -0.1) is 11.3 Å². The molecule has 0 radical (unpaired) electrons. The Balaban J connectivity index is 1.92. The van der Waals surface area contributed by atoms with Gasteiger partial charge in [0.15, 0.2) is 0 Å². The summed E-state index contributed by atoms with van der Waals surface area (Å²) in [5, 5.41) is 3.60. The van der Waals surface area contributed by atoms with Crippen molar-refractivity contribution >= 4 is 11.3 Å². The Hall–Kier alpha value is -1.16. The lowest BCUT2D eigenvalue weighted by atomic mass is 10.1. The number of thiophene rings is 1. The molecule has 0 saturated heterocycles. The molecule has 3 heteroatoms. The van der Waals surface area contributed by atoms with Crippen LogP contribution < -0.4 is 5.32 Å². The highest BCUT2D eigenvalue weighted by Crippen LogP contribution is 2.26. The van der Waals surface area contributed by atoms with E-state index < -0.39 is 0 Å². The fraction of sp³-hybridized carbons (Fsp3) is 0.412. The highest BCUT2D eigenvalue weighted by atomic mass is 32.1. The summed E-state index contributed by atoms with van der Waals surface area (Å²) in [7, 11) is 1.72. The van der Waals surface area contributed by atoms with Crippen molar-refractivity contribution in [2.45, 2.75) is 40.0 Å². The topological polar surface area (TPSA) is 21.3 Å². The standard InChI is InChI=1S/C17H23NOS/c1-12-9-17(14(3)20-12)13(2)18-10-15-5-7-16(8-6-15)11-19-4/h5-9,13,18H,10-11H2,1-4H3.